The normalized spacial score (nSPS) is 10.8. The Bertz CT molecular complexity index is 759. The number of amides is 1. The predicted molar refractivity (Wildman–Crippen MR) is 95.6 cm³/mol. The second kappa shape index (κ2) is 7.75. The number of Topliss-reactive ketones (excluding diaryl/α,β-unsaturated/α-hetero) is 1. The number of carbonyl (C=O) groups excluding carboxylic acids is 3. The maximum absolute atomic E-state index is 12.1. The number of rotatable bonds is 5. The Kier molecular flexibility index (Phi) is 5.70. The molecule has 0 aliphatic carbocycles. The fourth-order valence-electron chi connectivity index (χ4n) is 1.91. The first kappa shape index (κ1) is 18.4. The molecular weight excluding hydrogens is 318 g/mol. The quantitative estimate of drug-likeness (QED) is 0.843. The molecule has 0 aromatic heterocycles. The molecule has 0 aliphatic heterocycles. The molecule has 0 atom stereocenters. The van der Waals surface area contributed by atoms with Crippen LogP contribution >= 0.6 is 0 Å². The topological polar surface area (TPSA) is 72.5 Å². The van der Waals surface area contributed by atoms with E-state index in [0.29, 0.717) is 16.8 Å². The second-order valence-corrected chi connectivity index (χ2v) is 6.65. The molecule has 2 aromatic carbocycles. The molecule has 5 nitrogen and oxygen atoms in total. The van der Waals surface area contributed by atoms with Crippen molar-refractivity contribution < 1.29 is 19.1 Å². The third kappa shape index (κ3) is 5.28. The van der Waals surface area contributed by atoms with Crippen molar-refractivity contribution in [3.8, 4) is 0 Å². The first-order chi connectivity index (χ1) is 11.8. The highest BCUT2D eigenvalue weighted by Gasteiger charge is 2.22. The molecule has 1 N–H and O–H groups in total. The zero-order valence-electron chi connectivity index (χ0n) is 14.5. The highest BCUT2D eigenvalue weighted by molar-refractivity contribution is 6.04. The molecule has 0 saturated heterocycles. The number of carbonyl (C=O) groups is 3. The van der Waals surface area contributed by atoms with Crippen LogP contribution in [0, 0.1) is 5.41 Å². The third-order valence-electron chi connectivity index (χ3n) is 3.59. The molecule has 2 rings (SSSR count). The van der Waals surface area contributed by atoms with Gasteiger partial charge in [0.15, 0.2) is 12.4 Å². The average Bonchev–Trinajstić information content (AvgIpc) is 2.60. The van der Waals surface area contributed by atoms with Gasteiger partial charge in [0.1, 0.15) is 0 Å². The summed E-state index contributed by atoms with van der Waals surface area (Å²) in [6.07, 6.45) is 0. The van der Waals surface area contributed by atoms with E-state index in [1.165, 1.54) is 0 Å². The Morgan fingerprint density at radius 3 is 2.04 bits per heavy atom. The molecular formula is C20H21NO4. The van der Waals surface area contributed by atoms with Gasteiger partial charge in [0.2, 0.25) is 0 Å². The molecule has 5 heteroatoms. The standard InChI is InChI=1S/C20H21NO4/c1-20(2,3)17(22)13-25-19(24)15-9-11-16(12-10-15)21-18(23)14-7-5-4-6-8-14/h4-12H,13H2,1-3H3,(H,21,23). The highest BCUT2D eigenvalue weighted by Crippen LogP contribution is 2.16. The summed E-state index contributed by atoms with van der Waals surface area (Å²) < 4.78 is 5.03. The lowest BCUT2D eigenvalue weighted by Crippen LogP contribution is -2.26. The predicted octanol–water partition coefficient (Wildman–Crippen LogP) is 3.71. The smallest absolute Gasteiger partial charge is 0.338 e. The van der Waals surface area contributed by atoms with Gasteiger partial charge in [-0.1, -0.05) is 39.0 Å². The van der Waals surface area contributed by atoms with Gasteiger partial charge in [0, 0.05) is 16.7 Å². The molecule has 2 aromatic rings. The van der Waals surface area contributed by atoms with Gasteiger partial charge in [-0.05, 0) is 36.4 Å². The van der Waals surface area contributed by atoms with Crippen LogP contribution in [0.5, 0.6) is 0 Å². The van der Waals surface area contributed by atoms with Crippen LogP contribution in [0.1, 0.15) is 41.5 Å². The zero-order valence-corrected chi connectivity index (χ0v) is 14.5. The lowest BCUT2D eigenvalue weighted by molar-refractivity contribution is -0.129. The van der Waals surface area contributed by atoms with Gasteiger partial charge >= 0.3 is 5.97 Å². The fourth-order valence-corrected chi connectivity index (χ4v) is 1.91. The minimum atomic E-state index is -0.571. The summed E-state index contributed by atoms with van der Waals surface area (Å²) in [5.74, 6) is -0.946. The van der Waals surface area contributed by atoms with E-state index in [-0.39, 0.29) is 18.3 Å². The molecule has 0 fully saturated rings. The molecule has 0 bridgehead atoms. The zero-order chi connectivity index (χ0) is 18.4. The van der Waals surface area contributed by atoms with Crippen LogP contribution < -0.4 is 5.32 Å². The van der Waals surface area contributed by atoms with Crippen molar-refractivity contribution in [2.75, 3.05) is 11.9 Å². The third-order valence-corrected chi connectivity index (χ3v) is 3.59. The first-order valence-corrected chi connectivity index (χ1v) is 7.94. The Hall–Kier alpha value is -2.95. The van der Waals surface area contributed by atoms with Crippen LogP contribution in [0.4, 0.5) is 5.69 Å². The maximum Gasteiger partial charge on any atom is 0.338 e. The van der Waals surface area contributed by atoms with Crippen LogP contribution in [0.2, 0.25) is 0 Å². The molecule has 25 heavy (non-hydrogen) atoms. The van der Waals surface area contributed by atoms with Gasteiger partial charge in [-0.3, -0.25) is 9.59 Å². The van der Waals surface area contributed by atoms with Gasteiger partial charge in [-0.25, -0.2) is 4.79 Å². The van der Waals surface area contributed by atoms with E-state index in [2.05, 4.69) is 5.32 Å². The average molecular weight is 339 g/mol. The maximum atomic E-state index is 12.1. The van der Waals surface area contributed by atoms with Crippen molar-refractivity contribution in [3.63, 3.8) is 0 Å². The van der Waals surface area contributed by atoms with Gasteiger partial charge in [-0.15, -0.1) is 0 Å². The van der Waals surface area contributed by atoms with Crippen molar-refractivity contribution >= 4 is 23.3 Å². The number of nitrogens with one attached hydrogen (secondary N) is 1. The minimum Gasteiger partial charge on any atom is -0.454 e. The van der Waals surface area contributed by atoms with Crippen LogP contribution in [-0.2, 0) is 9.53 Å². The second-order valence-electron chi connectivity index (χ2n) is 6.65. The molecule has 0 aliphatic rings. The van der Waals surface area contributed by atoms with Crippen molar-refractivity contribution in [3.05, 3.63) is 65.7 Å². The van der Waals surface area contributed by atoms with E-state index in [4.69, 9.17) is 4.74 Å². The first-order valence-electron chi connectivity index (χ1n) is 7.94. The molecule has 1 amide bonds. The fraction of sp³-hybridized carbons (Fsp3) is 0.250. The molecule has 0 saturated carbocycles. The van der Waals surface area contributed by atoms with E-state index in [1.807, 2.05) is 6.07 Å². The number of hydrogen-bond acceptors (Lipinski definition) is 4. The number of ether oxygens (including phenoxy) is 1. The summed E-state index contributed by atoms with van der Waals surface area (Å²) in [6, 6.07) is 15.2. The van der Waals surface area contributed by atoms with Crippen LogP contribution in [-0.4, -0.2) is 24.3 Å². The lowest BCUT2D eigenvalue weighted by atomic mass is 9.91. The van der Waals surface area contributed by atoms with Crippen molar-refractivity contribution in [1.29, 1.82) is 0 Å². The molecule has 0 unspecified atom stereocenters. The number of esters is 1. The SMILES string of the molecule is CC(C)(C)C(=O)COC(=O)c1ccc(NC(=O)c2ccccc2)cc1. The number of hydrogen-bond donors (Lipinski definition) is 1. The van der Waals surface area contributed by atoms with Gasteiger partial charge in [0.25, 0.3) is 5.91 Å². The largest absolute Gasteiger partial charge is 0.454 e. The van der Waals surface area contributed by atoms with Crippen molar-refractivity contribution in [2.45, 2.75) is 20.8 Å². The molecule has 130 valence electrons. The van der Waals surface area contributed by atoms with Gasteiger partial charge in [0.05, 0.1) is 5.56 Å². The number of anilines is 1. The van der Waals surface area contributed by atoms with E-state index in [1.54, 1.807) is 69.3 Å². The van der Waals surface area contributed by atoms with E-state index < -0.39 is 11.4 Å². The van der Waals surface area contributed by atoms with Crippen LogP contribution in [0.25, 0.3) is 0 Å². The molecule has 0 heterocycles. The Balaban J connectivity index is 1.94. The molecule has 0 spiro atoms. The summed E-state index contributed by atoms with van der Waals surface area (Å²) in [4.78, 5) is 35.8. The summed E-state index contributed by atoms with van der Waals surface area (Å²) in [5.41, 5.74) is 0.883. The van der Waals surface area contributed by atoms with E-state index >= 15 is 0 Å². The van der Waals surface area contributed by atoms with E-state index in [9.17, 15) is 14.4 Å². The minimum absolute atomic E-state index is 0.146. The summed E-state index contributed by atoms with van der Waals surface area (Å²) >= 11 is 0. The monoisotopic (exact) mass is 339 g/mol. The Labute approximate surface area is 147 Å². The van der Waals surface area contributed by atoms with Crippen molar-refractivity contribution in [1.82, 2.24) is 0 Å². The Morgan fingerprint density at radius 2 is 1.48 bits per heavy atom. The summed E-state index contributed by atoms with van der Waals surface area (Å²) in [5, 5.41) is 2.75. The van der Waals surface area contributed by atoms with Crippen LogP contribution in [0.3, 0.4) is 0 Å². The number of ketones is 1. The van der Waals surface area contributed by atoms with Gasteiger partial charge < -0.3 is 10.1 Å². The molecule has 0 radical (unpaired) electrons. The summed E-state index contributed by atoms with van der Waals surface area (Å²) in [7, 11) is 0. The van der Waals surface area contributed by atoms with Crippen LogP contribution in [0.15, 0.2) is 54.6 Å². The highest BCUT2D eigenvalue weighted by atomic mass is 16.5. The Morgan fingerprint density at radius 1 is 0.880 bits per heavy atom. The van der Waals surface area contributed by atoms with Gasteiger partial charge in [-0.2, -0.15) is 0 Å². The number of benzene rings is 2. The van der Waals surface area contributed by atoms with E-state index in [0.717, 1.165) is 0 Å². The summed E-state index contributed by atoms with van der Waals surface area (Å²) in [6.45, 7) is 5.06. The van der Waals surface area contributed by atoms with Crippen molar-refractivity contribution in [2.24, 2.45) is 5.41 Å². The lowest BCUT2D eigenvalue weighted by Gasteiger charge is -2.16.